The van der Waals surface area contributed by atoms with Gasteiger partial charge >= 0.3 is 0 Å². The SMILES string of the molecule is CN(N)c1cccc([N+](=O)[O-])c1CBr. The number of nitro groups is 1. The fraction of sp³-hybridized carbons (Fsp3) is 0.250. The van der Waals surface area contributed by atoms with Crippen molar-refractivity contribution in [1.29, 1.82) is 0 Å². The normalized spacial score (nSPS) is 9.93. The minimum atomic E-state index is -0.413. The van der Waals surface area contributed by atoms with Crippen molar-refractivity contribution in [2.45, 2.75) is 5.33 Å². The van der Waals surface area contributed by atoms with E-state index in [-0.39, 0.29) is 5.69 Å². The van der Waals surface area contributed by atoms with Crippen LogP contribution in [0.1, 0.15) is 5.56 Å². The van der Waals surface area contributed by atoms with Gasteiger partial charge in [0.1, 0.15) is 0 Å². The molecule has 14 heavy (non-hydrogen) atoms. The third-order valence-electron chi connectivity index (χ3n) is 1.84. The van der Waals surface area contributed by atoms with Crippen LogP contribution in [0.2, 0.25) is 0 Å². The van der Waals surface area contributed by atoms with Crippen molar-refractivity contribution in [3.8, 4) is 0 Å². The molecule has 0 amide bonds. The number of benzene rings is 1. The number of rotatable bonds is 3. The Bertz CT molecular complexity index is 354. The Morgan fingerprint density at radius 3 is 2.71 bits per heavy atom. The van der Waals surface area contributed by atoms with Gasteiger partial charge in [-0.05, 0) is 6.07 Å². The Morgan fingerprint density at radius 1 is 1.64 bits per heavy atom. The van der Waals surface area contributed by atoms with Gasteiger partial charge in [0.25, 0.3) is 5.69 Å². The van der Waals surface area contributed by atoms with Gasteiger partial charge in [-0.15, -0.1) is 0 Å². The molecule has 1 rings (SSSR count). The second-order valence-electron chi connectivity index (χ2n) is 2.78. The van der Waals surface area contributed by atoms with E-state index in [0.717, 1.165) is 0 Å². The second kappa shape index (κ2) is 4.39. The largest absolute Gasteiger partial charge is 0.314 e. The molecule has 0 radical (unpaired) electrons. The number of hydrogen-bond acceptors (Lipinski definition) is 4. The average molecular weight is 260 g/mol. The molecule has 1 aromatic carbocycles. The van der Waals surface area contributed by atoms with Crippen LogP contribution in [-0.2, 0) is 5.33 Å². The van der Waals surface area contributed by atoms with Gasteiger partial charge in [0, 0.05) is 18.4 Å². The summed E-state index contributed by atoms with van der Waals surface area (Å²) in [6.45, 7) is 0. The first-order chi connectivity index (χ1) is 6.57. The summed E-state index contributed by atoms with van der Waals surface area (Å²) in [5.74, 6) is 5.55. The number of halogens is 1. The summed E-state index contributed by atoms with van der Waals surface area (Å²) < 4.78 is 0. The first kappa shape index (κ1) is 10.9. The number of nitrogens with zero attached hydrogens (tertiary/aromatic N) is 2. The molecule has 76 valence electrons. The maximum atomic E-state index is 10.7. The van der Waals surface area contributed by atoms with Gasteiger partial charge in [-0.1, -0.05) is 22.0 Å². The first-order valence-corrected chi connectivity index (χ1v) is 5.00. The lowest BCUT2D eigenvalue weighted by molar-refractivity contribution is -0.385. The van der Waals surface area contributed by atoms with Crippen molar-refractivity contribution in [1.82, 2.24) is 0 Å². The van der Waals surface area contributed by atoms with Gasteiger partial charge < -0.3 is 5.01 Å². The molecule has 0 fully saturated rings. The van der Waals surface area contributed by atoms with Gasteiger partial charge in [-0.2, -0.15) is 0 Å². The van der Waals surface area contributed by atoms with E-state index in [1.807, 2.05) is 0 Å². The molecule has 0 saturated heterocycles. The highest BCUT2D eigenvalue weighted by molar-refractivity contribution is 9.08. The Balaban J connectivity index is 3.32. The van der Waals surface area contributed by atoms with E-state index in [9.17, 15) is 10.1 Å². The van der Waals surface area contributed by atoms with Gasteiger partial charge in [0.05, 0.1) is 16.2 Å². The highest BCUT2D eigenvalue weighted by Gasteiger charge is 2.17. The predicted octanol–water partition coefficient (Wildman–Crippen LogP) is 1.80. The summed E-state index contributed by atoms with van der Waals surface area (Å²) in [4.78, 5) is 10.3. The number of anilines is 1. The third-order valence-corrected chi connectivity index (χ3v) is 2.40. The monoisotopic (exact) mass is 259 g/mol. The van der Waals surface area contributed by atoms with Crippen LogP contribution in [-0.4, -0.2) is 12.0 Å². The molecule has 2 N–H and O–H groups in total. The van der Waals surface area contributed by atoms with Crippen LogP contribution in [0, 0.1) is 10.1 Å². The lowest BCUT2D eigenvalue weighted by Crippen LogP contribution is -2.26. The van der Waals surface area contributed by atoms with Crippen LogP contribution < -0.4 is 10.9 Å². The number of nitrogens with two attached hydrogens (primary N) is 1. The zero-order valence-electron chi connectivity index (χ0n) is 7.61. The maximum absolute atomic E-state index is 10.7. The van der Waals surface area contributed by atoms with Gasteiger partial charge in [0.2, 0.25) is 0 Å². The quantitative estimate of drug-likeness (QED) is 0.389. The zero-order valence-corrected chi connectivity index (χ0v) is 9.19. The Kier molecular flexibility index (Phi) is 3.43. The predicted molar refractivity (Wildman–Crippen MR) is 58.3 cm³/mol. The van der Waals surface area contributed by atoms with Crippen molar-refractivity contribution in [3.05, 3.63) is 33.9 Å². The topological polar surface area (TPSA) is 72.4 Å². The third kappa shape index (κ3) is 2.02. The fourth-order valence-electron chi connectivity index (χ4n) is 1.20. The Hall–Kier alpha value is -1.14. The van der Waals surface area contributed by atoms with Crippen molar-refractivity contribution in [2.75, 3.05) is 12.1 Å². The Labute approximate surface area is 89.8 Å². The number of nitro benzene ring substituents is 1. The standard InChI is InChI=1S/C8H10BrN3O2/c1-11(10)7-3-2-4-8(12(13)14)6(7)5-9/h2-4H,5,10H2,1H3. The van der Waals surface area contributed by atoms with Gasteiger partial charge in [-0.25, -0.2) is 5.84 Å². The molecule has 0 saturated carbocycles. The van der Waals surface area contributed by atoms with Crippen LogP contribution in [0.25, 0.3) is 0 Å². The summed E-state index contributed by atoms with van der Waals surface area (Å²) in [7, 11) is 1.64. The molecule has 5 nitrogen and oxygen atoms in total. The summed E-state index contributed by atoms with van der Waals surface area (Å²) in [5, 5.41) is 12.4. The summed E-state index contributed by atoms with van der Waals surface area (Å²) in [6.07, 6.45) is 0. The van der Waals surface area contributed by atoms with Crippen LogP contribution in [0.4, 0.5) is 11.4 Å². The highest BCUT2D eigenvalue weighted by atomic mass is 79.9. The molecular formula is C8H10BrN3O2. The molecule has 0 spiro atoms. The molecule has 0 aromatic heterocycles. The van der Waals surface area contributed by atoms with Crippen LogP contribution in [0.5, 0.6) is 0 Å². The van der Waals surface area contributed by atoms with Crippen LogP contribution in [0.3, 0.4) is 0 Å². The molecule has 0 unspecified atom stereocenters. The maximum Gasteiger partial charge on any atom is 0.275 e. The molecule has 0 atom stereocenters. The van der Waals surface area contributed by atoms with Crippen molar-refractivity contribution < 1.29 is 4.92 Å². The van der Waals surface area contributed by atoms with Crippen molar-refractivity contribution in [3.63, 3.8) is 0 Å². The minimum absolute atomic E-state index is 0.0803. The van der Waals surface area contributed by atoms with Crippen LogP contribution in [0.15, 0.2) is 18.2 Å². The molecule has 1 aromatic rings. The van der Waals surface area contributed by atoms with E-state index in [0.29, 0.717) is 16.6 Å². The summed E-state index contributed by atoms with van der Waals surface area (Å²) in [5.41, 5.74) is 1.32. The lowest BCUT2D eigenvalue weighted by Gasteiger charge is -2.15. The molecule has 0 aliphatic heterocycles. The molecule has 0 heterocycles. The number of hydrazine groups is 1. The molecular weight excluding hydrogens is 250 g/mol. The highest BCUT2D eigenvalue weighted by Crippen LogP contribution is 2.29. The molecule has 0 aliphatic carbocycles. The Morgan fingerprint density at radius 2 is 2.29 bits per heavy atom. The van der Waals surface area contributed by atoms with E-state index in [1.54, 1.807) is 19.2 Å². The second-order valence-corrected chi connectivity index (χ2v) is 3.34. The average Bonchev–Trinajstić information content (AvgIpc) is 2.16. The van der Waals surface area contributed by atoms with E-state index in [1.165, 1.54) is 11.1 Å². The van der Waals surface area contributed by atoms with Gasteiger partial charge in [-0.3, -0.25) is 10.1 Å². The van der Waals surface area contributed by atoms with Gasteiger partial charge in [0.15, 0.2) is 0 Å². The van der Waals surface area contributed by atoms with Crippen molar-refractivity contribution >= 4 is 27.3 Å². The molecule has 6 heteroatoms. The number of alkyl halides is 1. The minimum Gasteiger partial charge on any atom is -0.314 e. The molecule has 0 bridgehead atoms. The number of hydrogen-bond donors (Lipinski definition) is 1. The van der Waals surface area contributed by atoms with E-state index in [4.69, 9.17) is 5.84 Å². The summed E-state index contributed by atoms with van der Waals surface area (Å²) >= 11 is 3.21. The van der Waals surface area contributed by atoms with E-state index in [2.05, 4.69) is 15.9 Å². The summed E-state index contributed by atoms with van der Waals surface area (Å²) in [6, 6.07) is 4.82. The molecule has 0 aliphatic rings. The fourth-order valence-corrected chi connectivity index (χ4v) is 1.78. The van der Waals surface area contributed by atoms with Crippen molar-refractivity contribution in [2.24, 2.45) is 5.84 Å². The van der Waals surface area contributed by atoms with E-state index >= 15 is 0 Å². The lowest BCUT2D eigenvalue weighted by atomic mass is 10.1. The zero-order chi connectivity index (χ0) is 10.7. The first-order valence-electron chi connectivity index (χ1n) is 3.88. The van der Waals surface area contributed by atoms with E-state index < -0.39 is 4.92 Å². The van der Waals surface area contributed by atoms with Crippen LogP contribution >= 0.6 is 15.9 Å². The smallest absolute Gasteiger partial charge is 0.275 e.